The molecule has 0 heterocycles. The van der Waals surface area contributed by atoms with Crippen molar-refractivity contribution in [2.75, 3.05) is 13.7 Å². The van der Waals surface area contributed by atoms with Crippen LogP contribution in [0.15, 0.2) is 80.8 Å². The molecule has 0 atom stereocenters. The average molecular weight is 548 g/mol. The van der Waals surface area contributed by atoms with Gasteiger partial charge < -0.3 is 14.2 Å². The van der Waals surface area contributed by atoms with Gasteiger partial charge in [0.2, 0.25) is 0 Å². The van der Waals surface area contributed by atoms with E-state index < -0.39 is 0 Å². The molecule has 0 aromatic heterocycles. The Morgan fingerprint density at radius 1 is 0.968 bits per heavy atom. The third-order valence-corrected chi connectivity index (χ3v) is 5.10. The summed E-state index contributed by atoms with van der Waals surface area (Å²) in [6.07, 6.45) is 1.51. The maximum Gasteiger partial charge on any atom is 0.277 e. The first-order chi connectivity index (χ1) is 15.0. The Bertz CT molecular complexity index is 1060. The number of carbonyl (C=O) groups excluding carboxylic acids is 1. The number of halogens is 2. The fraction of sp³-hybridized carbons (Fsp3) is 0.130. The van der Waals surface area contributed by atoms with Gasteiger partial charge in [-0.3, -0.25) is 4.79 Å². The second kappa shape index (κ2) is 11.5. The van der Waals surface area contributed by atoms with Crippen LogP contribution in [0.3, 0.4) is 0 Å². The Hall–Kier alpha value is -2.84. The first kappa shape index (κ1) is 22.8. The van der Waals surface area contributed by atoms with Crippen molar-refractivity contribution in [1.82, 2.24) is 5.43 Å². The van der Waals surface area contributed by atoms with Crippen LogP contribution in [-0.4, -0.2) is 25.8 Å². The number of carbonyl (C=O) groups is 1. The van der Waals surface area contributed by atoms with Crippen LogP contribution in [0, 0.1) is 0 Å². The summed E-state index contributed by atoms with van der Waals surface area (Å²) in [6, 6.07) is 20.5. The summed E-state index contributed by atoms with van der Waals surface area (Å²) >= 11 is 6.80. The quantitative estimate of drug-likeness (QED) is 0.290. The van der Waals surface area contributed by atoms with Gasteiger partial charge in [0.25, 0.3) is 5.91 Å². The van der Waals surface area contributed by atoms with Crippen molar-refractivity contribution < 1.29 is 19.0 Å². The largest absolute Gasteiger partial charge is 0.497 e. The van der Waals surface area contributed by atoms with Gasteiger partial charge in [0.05, 0.1) is 13.3 Å². The van der Waals surface area contributed by atoms with Crippen LogP contribution in [-0.2, 0) is 11.4 Å². The van der Waals surface area contributed by atoms with Crippen LogP contribution >= 0.6 is 31.9 Å². The van der Waals surface area contributed by atoms with E-state index in [0.29, 0.717) is 29.4 Å². The highest BCUT2D eigenvalue weighted by Crippen LogP contribution is 2.24. The molecule has 1 amide bonds. The fourth-order valence-corrected chi connectivity index (χ4v) is 3.27. The number of hydrogen-bond donors (Lipinski definition) is 1. The Labute approximate surface area is 197 Å². The van der Waals surface area contributed by atoms with Crippen molar-refractivity contribution >= 4 is 44.0 Å². The molecule has 0 aliphatic carbocycles. The topological polar surface area (TPSA) is 69.2 Å². The summed E-state index contributed by atoms with van der Waals surface area (Å²) in [5.41, 5.74) is 4.14. The molecular formula is C23H20Br2N2O4. The number of nitrogens with zero attached hydrogens (tertiary/aromatic N) is 1. The van der Waals surface area contributed by atoms with Crippen LogP contribution in [0.5, 0.6) is 17.2 Å². The van der Waals surface area contributed by atoms with Crippen molar-refractivity contribution in [3.63, 3.8) is 0 Å². The molecule has 3 aromatic carbocycles. The second-order valence-electron chi connectivity index (χ2n) is 6.36. The highest BCUT2D eigenvalue weighted by Gasteiger charge is 2.06. The minimum atomic E-state index is -0.376. The van der Waals surface area contributed by atoms with Crippen molar-refractivity contribution in [3.8, 4) is 17.2 Å². The molecular weight excluding hydrogens is 528 g/mol. The molecule has 0 saturated carbocycles. The molecule has 0 unspecified atom stereocenters. The fourth-order valence-electron chi connectivity index (χ4n) is 2.56. The van der Waals surface area contributed by atoms with Crippen molar-refractivity contribution in [1.29, 1.82) is 0 Å². The SMILES string of the molecule is COc1ccc(OCc2cccc(Br)c2)c(C=NNC(=O)COc2ccc(Br)cc2)c1. The van der Waals surface area contributed by atoms with Crippen molar-refractivity contribution in [3.05, 3.63) is 86.8 Å². The van der Waals surface area contributed by atoms with Gasteiger partial charge in [-0.2, -0.15) is 5.10 Å². The molecule has 0 aliphatic heterocycles. The normalized spacial score (nSPS) is 10.7. The van der Waals surface area contributed by atoms with E-state index in [1.807, 2.05) is 36.4 Å². The highest BCUT2D eigenvalue weighted by atomic mass is 79.9. The van der Waals surface area contributed by atoms with E-state index in [9.17, 15) is 4.79 Å². The van der Waals surface area contributed by atoms with Crippen LogP contribution in [0.2, 0.25) is 0 Å². The number of ether oxygens (including phenoxy) is 3. The Balaban J connectivity index is 1.59. The lowest BCUT2D eigenvalue weighted by molar-refractivity contribution is -0.123. The Kier molecular flexibility index (Phi) is 8.49. The summed E-state index contributed by atoms with van der Waals surface area (Å²) in [5.74, 6) is 1.49. The van der Waals surface area contributed by atoms with Crippen molar-refractivity contribution in [2.24, 2.45) is 5.10 Å². The van der Waals surface area contributed by atoms with E-state index in [1.165, 1.54) is 6.21 Å². The maximum atomic E-state index is 12.0. The molecule has 6 nitrogen and oxygen atoms in total. The predicted octanol–water partition coefficient (Wildman–Crippen LogP) is 5.33. The van der Waals surface area contributed by atoms with Gasteiger partial charge in [0.1, 0.15) is 23.9 Å². The molecule has 31 heavy (non-hydrogen) atoms. The van der Waals surface area contributed by atoms with E-state index in [0.717, 1.165) is 14.5 Å². The average Bonchev–Trinajstić information content (AvgIpc) is 2.78. The lowest BCUT2D eigenvalue weighted by Gasteiger charge is -2.11. The van der Waals surface area contributed by atoms with E-state index in [1.54, 1.807) is 37.4 Å². The van der Waals surface area contributed by atoms with E-state index in [4.69, 9.17) is 14.2 Å². The second-order valence-corrected chi connectivity index (χ2v) is 8.19. The predicted molar refractivity (Wildman–Crippen MR) is 127 cm³/mol. The number of hydrogen-bond acceptors (Lipinski definition) is 5. The molecule has 0 spiro atoms. The first-order valence-electron chi connectivity index (χ1n) is 9.29. The van der Waals surface area contributed by atoms with Crippen LogP contribution in [0.4, 0.5) is 0 Å². The van der Waals surface area contributed by atoms with Gasteiger partial charge in [-0.05, 0) is 60.2 Å². The number of nitrogens with one attached hydrogen (secondary N) is 1. The number of rotatable bonds is 9. The third kappa shape index (κ3) is 7.41. The number of methoxy groups -OCH3 is 1. The van der Waals surface area contributed by atoms with E-state index in [2.05, 4.69) is 42.4 Å². The van der Waals surface area contributed by atoms with Crippen LogP contribution in [0.1, 0.15) is 11.1 Å². The van der Waals surface area contributed by atoms with Crippen LogP contribution < -0.4 is 19.6 Å². The van der Waals surface area contributed by atoms with Gasteiger partial charge in [-0.1, -0.05) is 44.0 Å². The smallest absolute Gasteiger partial charge is 0.277 e. The molecule has 0 bridgehead atoms. The lowest BCUT2D eigenvalue weighted by Crippen LogP contribution is -2.24. The summed E-state index contributed by atoms with van der Waals surface area (Å²) in [4.78, 5) is 12.0. The molecule has 3 rings (SSSR count). The maximum absolute atomic E-state index is 12.0. The number of amides is 1. The zero-order chi connectivity index (χ0) is 22.1. The monoisotopic (exact) mass is 546 g/mol. The minimum absolute atomic E-state index is 0.149. The Morgan fingerprint density at radius 2 is 1.74 bits per heavy atom. The molecule has 8 heteroatoms. The minimum Gasteiger partial charge on any atom is -0.497 e. The number of benzene rings is 3. The molecule has 0 aliphatic rings. The van der Waals surface area contributed by atoms with E-state index >= 15 is 0 Å². The third-order valence-electron chi connectivity index (χ3n) is 4.08. The van der Waals surface area contributed by atoms with Gasteiger partial charge in [-0.25, -0.2) is 5.43 Å². The van der Waals surface area contributed by atoms with Gasteiger partial charge in [0.15, 0.2) is 6.61 Å². The van der Waals surface area contributed by atoms with E-state index in [-0.39, 0.29) is 12.5 Å². The standard InChI is InChI=1S/C23H20Br2N2O4/c1-29-21-9-10-22(31-14-16-3-2-4-19(25)11-16)17(12-21)13-26-27-23(28)15-30-20-7-5-18(24)6-8-20/h2-13H,14-15H2,1H3,(H,27,28). The highest BCUT2D eigenvalue weighted by molar-refractivity contribution is 9.10. The molecule has 160 valence electrons. The summed E-state index contributed by atoms with van der Waals surface area (Å²) in [7, 11) is 1.58. The molecule has 0 saturated heterocycles. The zero-order valence-corrected chi connectivity index (χ0v) is 19.9. The molecule has 3 aromatic rings. The summed E-state index contributed by atoms with van der Waals surface area (Å²) < 4.78 is 18.6. The summed E-state index contributed by atoms with van der Waals surface area (Å²) in [5, 5.41) is 4.02. The summed E-state index contributed by atoms with van der Waals surface area (Å²) in [6.45, 7) is 0.239. The van der Waals surface area contributed by atoms with Gasteiger partial charge in [0, 0.05) is 14.5 Å². The molecule has 0 radical (unpaired) electrons. The lowest BCUT2D eigenvalue weighted by atomic mass is 10.2. The molecule has 1 N–H and O–H groups in total. The van der Waals surface area contributed by atoms with Gasteiger partial charge in [-0.15, -0.1) is 0 Å². The zero-order valence-electron chi connectivity index (χ0n) is 16.7. The molecule has 0 fully saturated rings. The van der Waals surface area contributed by atoms with Crippen LogP contribution in [0.25, 0.3) is 0 Å². The first-order valence-corrected chi connectivity index (χ1v) is 10.9. The van der Waals surface area contributed by atoms with Gasteiger partial charge >= 0.3 is 0 Å². The Morgan fingerprint density at radius 3 is 2.48 bits per heavy atom. The number of hydrazone groups is 1. The van der Waals surface area contributed by atoms with Crippen molar-refractivity contribution in [2.45, 2.75) is 6.61 Å².